The number of nitrogens with zero attached hydrogens (tertiary/aromatic N) is 2. The van der Waals surface area contributed by atoms with Crippen molar-refractivity contribution in [1.29, 1.82) is 0 Å². The van der Waals surface area contributed by atoms with Crippen molar-refractivity contribution in [3.63, 3.8) is 0 Å². The molecule has 7 nitrogen and oxygen atoms in total. The van der Waals surface area contributed by atoms with Crippen LogP contribution < -0.4 is 10.1 Å². The van der Waals surface area contributed by atoms with Gasteiger partial charge in [-0.1, -0.05) is 22.9 Å². The molecule has 0 saturated carbocycles. The van der Waals surface area contributed by atoms with Crippen LogP contribution in [0.15, 0.2) is 36.4 Å². The minimum atomic E-state index is -0.643. The summed E-state index contributed by atoms with van der Waals surface area (Å²) in [5.74, 6) is 0.0322. The first-order valence-corrected chi connectivity index (χ1v) is 7.87. The van der Waals surface area contributed by atoms with Gasteiger partial charge in [-0.05, 0) is 30.3 Å². The lowest BCUT2D eigenvalue weighted by atomic mass is 10.1. The van der Waals surface area contributed by atoms with Crippen LogP contribution in [0.1, 0.15) is 10.4 Å². The van der Waals surface area contributed by atoms with Crippen molar-refractivity contribution < 1.29 is 14.5 Å². The molecule has 1 aromatic heterocycles. The fraction of sp³-hybridized carbons (Fsp3) is 0.0667. The zero-order valence-electron chi connectivity index (χ0n) is 12.3. The molecule has 1 N–H and O–H groups in total. The number of carbonyl (C=O) groups is 1. The number of benzene rings is 2. The zero-order chi connectivity index (χ0) is 17.3. The maximum atomic E-state index is 12.4. The second kappa shape index (κ2) is 6.42. The number of fused-ring (bicyclic) bond motifs is 1. The lowest BCUT2D eigenvalue weighted by Gasteiger charge is -2.03. The predicted molar refractivity (Wildman–Crippen MR) is 92.2 cm³/mol. The molecule has 0 fully saturated rings. The van der Waals surface area contributed by atoms with Crippen molar-refractivity contribution in [2.75, 3.05) is 12.4 Å². The molecular weight excluding hydrogens is 354 g/mol. The molecule has 0 bridgehead atoms. The van der Waals surface area contributed by atoms with Crippen molar-refractivity contribution in [3.05, 3.63) is 57.1 Å². The monoisotopic (exact) mass is 363 g/mol. The standard InChI is InChI=1S/C15H10ClN3O4S/c1-23-9-3-4-11-13(7-9)24-15(17-11)18-14(20)10-6-8(16)2-5-12(10)19(21)22/h2-7H,1H3,(H,17,18,20). The Morgan fingerprint density at radius 3 is 2.83 bits per heavy atom. The zero-order valence-corrected chi connectivity index (χ0v) is 13.9. The number of thiazole rings is 1. The Balaban J connectivity index is 1.92. The molecule has 0 spiro atoms. The van der Waals surface area contributed by atoms with Crippen molar-refractivity contribution in [2.45, 2.75) is 0 Å². The van der Waals surface area contributed by atoms with Gasteiger partial charge in [0.15, 0.2) is 5.13 Å². The molecule has 0 aliphatic carbocycles. The highest BCUT2D eigenvalue weighted by Crippen LogP contribution is 2.30. The van der Waals surface area contributed by atoms with E-state index in [9.17, 15) is 14.9 Å². The Kier molecular flexibility index (Phi) is 4.32. The predicted octanol–water partition coefficient (Wildman–Crippen LogP) is 4.12. The third-order valence-corrected chi connectivity index (χ3v) is 4.38. The lowest BCUT2D eigenvalue weighted by molar-refractivity contribution is -0.385. The first kappa shape index (κ1) is 16.2. The van der Waals surface area contributed by atoms with Crippen LogP contribution in [0, 0.1) is 10.1 Å². The van der Waals surface area contributed by atoms with E-state index in [1.807, 2.05) is 0 Å². The van der Waals surface area contributed by atoms with Crippen LogP contribution in [-0.2, 0) is 0 Å². The second-order valence-electron chi connectivity index (χ2n) is 4.73. The van der Waals surface area contributed by atoms with Gasteiger partial charge in [0.05, 0.1) is 22.2 Å². The number of aromatic nitrogens is 1. The Hall–Kier alpha value is -2.71. The molecule has 2 aromatic carbocycles. The number of halogens is 1. The molecule has 0 radical (unpaired) electrons. The fourth-order valence-corrected chi connectivity index (χ4v) is 3.16. The Morgan fingerprint density at radius 1 is 1.33 bits per heavy atom. The van der Waals surface area contributed by atoms with Crippen molar-refractivity contribution in [3.8, 4) is 5.75 Å². The van der Waals surface area contributed by atoms with E-state index in [0.717, 1.165) is 4.70 Å². The van der Waals surface area contributed by atoms with E-state index in [1.165, 1.54) is 29.5 Å². The third kappa shape index (κ3) is 3.15. The molecular formula is C15H10ClN3O4S. The van der Waals surface area contributed by atoms with Crippen LogP contribution >= 0.6 is 22.9 Å². The summed E-state index contributed by atoms with van der Waals surface area (Å²) in [6.45, 7) is 0. The van der Waals surface area contributed by atoms with Crippen LogP contribution in [0.5, 0.6) is 5.75 Å². The normalized spacial score (nSPS) is 10.6. The molecule has 24 heavy (non-hydrogen) atoms. The number of methoxy groups -OCH3 is 1. The molecule has 0 unspecified atom stereocenters. The number of amides is 1. The molecule has 9 heteroatoms. The van der Waals surface area contributed by atoms with E-state index in [1.54, 1.807) is 25.3 Å². The number of anilines is 1. The summed E-state index contributed by atoms with van der Waals surface area (Å²) in [5, 5.41) is 14.2. The van der Waals surface area contributed by atoms with Crippen LogP contribution in [-0.4, -0.2) is 22.9 Å². The number of hydrogen-bond acceptors (Lipinski definition) is 6. The quantitative estimate of drug-likeness (QED) is 0.555. The Bertz CT molecular complexity index is 957. The highest BCUT2D eigenvalue weighted by Gasteiger charge is 2.21. The van der Waals surface area contributed by atoms with Gasteiger partial charge < -0.3 is 4.74 Å². The summed E-state index contributed by atoms with van der Waals surface area (Å²) in [7, 11) is 1.56. The van der Waals surface area contributed by atoms with Gasteiger partial charge in [0.1, 0.15) is 11.3 Å². The summed E-state index contributed by atoms with van der Waals surface area (Å²) in [6.07, 6.45) is 0. The van der Waals surface area contributed by atoms with Gasteiger partial charge in [-0.25, -0.2) is 4.98 Å². The molecule has 1 heterocycles. The van der Waals surface area contributed by atoms with Gasteiger partial charge in [0.25, 0.3) is 11.6 Å². The molecule has 0 aliphatic rings. The Morgan fingerprint density at radius 2 is 2.12 bits per heavy atom. The number of ether oxygens (including phenoxy) is 1. The van der Waals surface area contributed by atoms with Crippen molar-refractivity contribution in [2.24, 2.45) is 0 Å². The minimum absolute atomic E-state index is 0.121. The van der Waals surface area contributed by atoms with Gasteiger partial charge in [-0.3, -0.25) is 20.2 Å². The summed E-state index contributed by atoms with van der Waals surface area (Å²) in [5.41, 5.74) is 0.251. The second-order valence-corrected chi connectivity index (χ2v) is 6.19. The average molecular weight is 364 g/mol. The van der Waals surface area contributed by atoms with Crippen LogP contribution in [0.4, 0.5) is 10.8 Å². The highest BCUT2D eigenvalue weighted by atomic mass is 35.5. The number of carbonyl (C=O) groups excluding carboxylic acids is 1. The van der Waals surface area contributed by atoms with Gasteiger partial charge >= 0.3 is 0 Å². The van der Waals surface area contributed by atoms with Gasteiger partial charge in [-0.15, -0.1) is 0 Å². The molecule has 0 saturated heterocycles. The van der Waals surface area contributed by atoms with Crippen LogP contribution in [0.2, 0.25) is 5.02 Å². The molecule has 0 aliphatic heterocycles. The number of rotatable bonds is 4. The van der Waals surface area contributed by atoms with Crippen molar-refractivity contribution in [1.82, 2.24) is 4.98 Å². The molecule has 122 valence electrons. The van der Waals surface area contributed by atoms with Crippen LogP contribution in [0.25, 0.3) is 10.2 Å². The third-order valence-electron chi connectivity index (χ3n) is 3.22. The largest absolute Gasteiger partial charge is 0.497 e. The first-order chi connectivity index (χ1) is 11.5. The van der Waals surface area contributed by atoms with E-state index in [-0.39, 0.29) is 16.3 Å². The lowest BCUT2D eigenvalue weighted by Crippen LogP contribution is -2.13. The molecule has 3 rings (SSSR count). The molecule has 3 aromatic rings. The first-order valence-electron chi connectivity index (χ1n) is 6.68. The topological polar surface area (TPSA) is 94.4 Å². The van der Waals surface area contributed by atoms with E-state index in [4.69, 9.17) is 16.3 Å². The van der Waals surface area contributed by atoms with Crippen molar-refractivity contribution >= 4 is 49.9 Å². The van der Waals surface area contributed by atoms with E-state index >= 15 is 0 Å². The summed E-state index contributed by atoms with van der Waals surface area (Å²) in [6, 6.07) is 9.13. The Labute approximate surface area is 145 Å². The van der Waals surface area contributed by atoms with E-state index in [2.05, 4.69) is 10.3 Å². The highest BCUT2D eigenvalue weighted by molar-refractivity contribution is 7.22. The minimum Gasteiger partial charge on any atom is -0.497 e. The summed E-state index contributed by atoms with van der Waals surface area (Å²) in [4.78, 5) is 27.1. The smallest absolute Gasteiger partial charge is 0.282 e. The summed E-state index contributed by atoms with van der Waals surface area (Å²) >= 11 is 7.08. The molecule has 1 amide bonds. The molecule has 0 atom stereocenters. The number of nitro groups is 1. The van der Waals surface area contributed by atoms with Gasteiger partial charge in [-0.2, -0.15) is 0 Å². The van der Waals surface area contributed by atoms with E-state index in [0.29, 0.717) is 16.4 Å². The maximum absolute atomic E-state index is 12.4. The summed E-state index contributed by atoms with van der Waals surface area (Å²) < 4.78 is 5.96. The maximum Gasteiger partial charge on any atom is 0.282 e. The SMILES string of the molecule is COc1ccc2nc(NC(=O)c3cc(Cl)ccc3[N+](=O)[O-])sc2c1. The number of hydrogen-bond donors (Lipinski definition) is 1. The average Bonchev–Trinajstić information content (AvgIpc) is 2.95. The number of nitrogens with one attached hydrogen (secondary N) is 1. The van der Waals surface area contributed by atoms with E-state index < -0.39 is 10.8 Å². The van der Waals surface area contributed by atoms with Gasteiger partial charge in [0.2, 0.25) is 0 Å². The van der Waals surface area contributed by atoms with Gasteiger partial charge in [0, 0.05) is 11.1 Å². The van der Waals surface area contributed by atoms with Crippen LogP contribution in [0.3, 0.4) is 0 Å². The fourth-order valence-electron chi connectivity index (χ4n) is 2.10. The number of nitro benzene ring substituents is 1.